The Kier molecular flexibility index (Phi) is 4.00. The van der Waals surface area contributed by atoms with Crippen molar-refractivity contribution in [2.75, 3.05) is 27.2 Å². The molecule has 1 N–H and O–H groups in total. The quantitative estimate of drug-likeness (QED) is 0.557. The number of hydrogen-bond acceptors (Lipinski definition) is 6. The number of amides is 1. The molecule has 20 heavy (non-hydrogen) atoms. The first-order valence-corrected chi connectivity index (χ1v) is 6.17. The molecule has 110 valence electrons. The molecule has 1 aromatic rings. The maximum Gasteiger partial charge on any atom is 0.307 e. The number of β-amino-alcohol motifs (C(OH)–C–C–N with tert-alkyl or cyclic N) is 1. The first-order valence-electron chi connectivity index (χ1n) is 6.17. The van der Waals surface area contributed by atoms with Gasteiger partial charge in [0.15, 0.2) is 0 Å². The SMILES string of the molecule is CN(C)[C@H]1CN(C(=O)Cn2cc([N+](=O)[O-])cn2)C[C@@H]1O. The molecule has 1 aliphatic rings. The van der Waals surface area contributed by atoms with Gasteiger partial charge in [0.2, 0.25) is 5.91 Å². The van der Waals surface area contributed by atoms with E-state index in [-0.39, 0.29) is 30.7 Å². The van der Waals surface area contributed by atoms with Crippen LogP contribution in [0, 0.1) is 10.1 Å². The van der Waals surface area contributed by atoms with Gasteiger partial charge in [0.05, 0.1) is 17.1 Å². The van der Waals surface area contributed by atoms with Crippen LogP contribution in [0.15, 0.2) is 12.4 Å². The van der Waals surface area contributed by atoms with Crippen molar-refractivity contribution in [3.8, 4) is 0 Å². The Hall–Kier alpha value is -2.00. The normalized spacial score (nSPS) is 22.5. The lowest BCUT2D eigenvalue weighted by molar-refractivity contribution is -0.385. The average Bonchev–Trinajstić information content (AvgIpc) is 2.95. The van der Waals surface area contributed by atoms with E-state index in [4.69, 9.17) is 0 Å². The van der Waals surface area contributed by atoms with Crippen LogP contribution in [0.4, 0.5) is 5.69 Å². The molecule has 2 atom stereocenters. The number of carbonyl (C=O) groups is 1. The van der Waals surface area contributed by atoms with Gasteiger partial charge in [0.1, 0.15) is 18.9 Å². The van der Waals surface area contributed by atoms with Crippen molar-refractivity contribution in [1.82, 2.24) is 19.6 Å². The van der Waals surface area contributed by atoms with Crippen molar-refractivity contribution in [2.45, 2.75) is 18.7 Å². The van der Waals surface area contributed by atoms with Crippen LogP contribution in [0.1, 0.15) is 0 Å². The van der Waals surface area contributed by atoms with Crippen LogP contribution in [0.2, 0.25) is 0 Å². The van der Waals surface area contributed by atoms with Gasteiger partial charge in [0, 0.05) is 13.1 Å². The van der Waals surface area contributed by atoms with E-state index in [0.717, 1.165) is 6.20 Å². The summed E-state index contributed by atoms with van der Waals surface area (Å²) in [6, 6.07) is -0.0918. The van der Waals surface area contributed by atoms with E-state index < -0.39 is 11.0 Å². The Bertz CT molecular complexity index is 515. The highest BCUT2D eigenvalue weighted by Crippen LogP contribution is 2.15. The number of aliphatic hydroxyl groups excluding tert-OH is 1. The number of carbonyl (C=O) groups excluding carboxylic acids is 1. The lowest BCUT2D eigenvalue weighted by Gasteiger charge is -2.21. The summed E-state index contributed by atoms with van der Waals surface area (Å²) < 4.78 is 1.23. The zero-order valence-electron chi connectivity index (χ0n) is 11.3. The van der Waals surface area contributed by atoms with E-state index in [0.29, 0.717) is 6.54 Å². The van der Waals surface area contributed by atoms with Crippen LogP contribution in [0.5, 0.6) is 0 Å². The van der Waals surface area contributed by atoms with Gasteiger partial charge in [-0.15, -0.1) is 0 Å². The minimum Gasteiger partial charge on any atom is -0.390 e. The van der Waals surface area contributed by atoms with Gasteiger partial charge < -0.3 is 14.9 Å². The highest BCUT2D eigenvalue weighted by atomic mass is 16.6. The number of likely N-dealkylation sites (tertiary alicyclic amines) is 1. The second-order valence-electron chi connectivity index (χ2n) is 5.05. The Labute approximate surface area is 115 Å². The van der Waals surface area contributed by atoms with Crippen LogP contribution in [0.3, 0.4) is 0 Å². The number of rotatable bonds is 4. The van der Waals surface area contributed by atoms with E-state index in [1.54, 1.807) is 4.90 Å². The molecule has 0 spiro atoms. The second kappa shape index (κ2) is 5.55. The van der Waals surface area contributed by atoms with Crippen molar-refractivity contribution in [3.05, 3.63) is 22.5 Å². The molecular weight excluding hydrogens is 266 g/mol. The maximum absolute atomic E-state index is 12.1. The molecule has 2 heterocycles. The lowest BCUT2D eigenvalue weighted by Crippen LogP contribution is -2.38. The number of aliphatic hydroxyl groups is 1. The van der Waals surface area contributed by atoms with Crippen molar-refractivity contribution in [3.63, 3.8) is 0 Å². The van der Waals surface area contributed by atoms with Gasteiger partial charge in [-0.1, -0.05) is 0 Å². The summed E-state index contributed by atoms with van der Waals surface area (Å²) in [6.07, 6.45) is 1.74. The molecule has 1 aliphatic heterocycles. The fraction of sp³-hybridized carbons (Fsp3) is 0.636. The molecule has 0 bridgehead atoms. The van der Waals surface area contributed by atoms with E-state index in [1.165, 1.54) is 10.9 Å². The summed E-state index contributed by atoms with van der Waals surface area (Å²) in [6.45, 7) is 0.641. The van der Waals surface area contributed by atoms with Crippen molar-refractivity contribution >= 4 is 11.6 Å². The summed E-state index contributed by atoms with van der Waals surface area (Å²) >= 11 is 0. The Balaban J connectivity index is 1.97. The molecule has 0 unspecified atom stereocenters. The smallest absolute Gasteiger partial charge is 0.307 e. The summed E-state index contributed by atoms with van der Waals surface area (Å²) in [5.41, 5.74) is -0.148. The third kappa shape index (κ3) is 2.94. The fourth-order valence-corrected chi connectivity index (χ4v) is 2.25. The molecule has 0 aliphatic carbocycles. The summed E-state index contributed by atoms with van der Waals surface area (Å²) in [4.78, 5) is 25.5. The highest BCUT2D eigenvalue weighted by molar-refractivity contribution is 5.76. The van der Waals surface area contributed by atoms with Crippen molar-refractivity contribution in [1.29, 1.82) is 0 Å². The Morgan fingerprint density at radius 3 is 2.80 bits per heavy atom. The Morgan fingerprint density at radius 2 is 2.30 bits per heavy atom. The standard InChI is InChI=1S/C11H17N5O4/c1-13(2)9-5-14(6-10(9)17)11(18)7-15-4-8(3-12-15)16(19)20/h3-4,9-10,17H,5-7H2,1-2H3/t9-,10-/m0/s1. The predicted octanol–water partition coefficient (Wildman–Crippen LogP) is -1.08. The highest BCUT2D eigenvalue weighted by Gasteiger charge is 2.35. The van der Waals surface area contributed by atoms with Crippen LogP contribution >= 0.6 is 0 Å². The number of likely N-dealkylation sites (N-methyl/N-ethyl adjacent to an activating group) is 1. The Morgan fingerprint density at radius 1 is 1.60 bits per heavy atom. The van der Waals surface area contributed by atoms with E-state index in [2.05, 4.69) is 5.10 Å². The van der Waals surface area contributed by atoms with Gasteiger partial charge in [-0.3, -0.25) is 19.6 Å². The third-order valence-electron chi connectivity index (χ3n) is 3.40. The second-order valence-corrected chi connectivity index (χ2v) is 5.05. The van der Waals surface area contributed by atoms with Crippen LogP contribution in [-0.2, 0) is 11.3 Å². The molecule has 1 saturated heterocycles. The van der Waals surface area contributed by atoms with E-state index in [1.807, 2.05) is 19.0 Å². The zero-order chi connectivity index (χ0) is 14.9. The predicted molar refractivity (Wildman–Crippen MR) is 68.9 cm³/mol. The van der Waals surface area contributed by atoms with E-state index >= 15 is 0 Å². The average molecular weight is 283 g/mol. The molecule has 1 aromatic heterocycles. The summed E-state index contributed by atoms with van der Waals surface area (Å²) in [7, 11) is 3.69. The minimum absolute atomic E-state index is 0.0687. The van der Waals surface area contributed by atoms with Gasteiger partial charge >= 0.3 is 5.69 Å². The molecule has 2 rings (SSSR count). The van der Waals surface area contributed by atoms with Crippen molar-refractivity contribution in [2.24, 2.45) is 0 Å². The first-order chi connectivity index (χ1) is 9.38. The number of nitrogens with zero attached hydrogens (tertiary/aromatic N) is 5. The van der Waals surface area contributed by atoms with Gasteiger partial charge in [-0.25, -0.2) is 0 Å². The van der Waals surface area contributed by atoms with Gasteiger partial charge in [0.25, 0.3) is 0 Å². The maximum atomic E-state index is 12.1. The van der Waals surface area contributed by atoms with Crippen molar-refractivity contribution < 1.29 is 14.8 Å². The van der Waals surface area contributed by atoms with Gasteiger partial charge in [-0.2, -0.15) is 5.10 Å². The van der Waals surface area contributed by atoms with Gasteiger partial charge in [-0.05, 0) is 14.1 Å². The first kappa shape index (κ1) is 14.4. The lowest BCUT2D eigenvalue weighted by atomic mass is 10.2. The van der Waals surface area contributed by atoms with Crippen LogP contribution < -0.4 is 0 Å². The molecule has 0 saturated carbocycles. The number of nitro groups is 1. The van der Waals surface area contributed by atoms with E-state index in [9.17, 15) is 20.0 Å². The third-order valence-corrected chi connectivity index (χ3v) is 3.40. The number of hydrogen-bond donors (Lipinski definition) is 1. The molecule has 0 aromatic carbocycles. The monoisotopic (exact) mass is 283 g/mol. The molecule has 1 fully saturated rings. The number of aromatic nitrogens is 2. The van der Waals surface area contributed by atoms with Crippen LogP contribution in [-0.4, -0.2) is 74.8 Å². The summed E-state index contributed by atoms with van der Waals surface area (Å²) in [5, 5.41) is 24.2. The molecule has 0 radical (unpaired) electrons. The fourth-order valence-electron chi connectivity index (χ4n) is 2.25. The zero-order valence-corrected chi connectivity index (χ0v) is 11.3. The topological polar surface area (TPSA) is 105 Å². The minimum atomic E-state index is -0.582. The molecule has 9 heteroatoms. The molecule has 1 amide bonds. The summed E-state index contributed by atoms with van der Waals surface area (Å²) in [5.74, 6) is -0.216. The molecule has 9 nitrogen and oxygen atoms in total. The van der Waals surface area contributed by atoms with Crippen LogP contribution in [0.25, 0.3) is 0 Å². The largest absolute Gasteiger partial charge is 0.390 e. The molecular formula is C11H17N5O4.